The summed E-state index contributed by atoms with van der Waals surface area (Å²) in [4.78, 5) is 4.69. The monoisotopic (exact) mass is 358 g/mol. The topological polar surface area (TPSA) is 47.3 Å². The molecule has 25 heavy (non-hydrogen) atoms. The smallest absolute Gasteiger partial charge is 0.138 e. The molecule has 0 aliphatic carbocycles. The maximum atomic E-state index is 10.5. The van der Waals surface area contributed by atoms with E-state index in [0.29, 0.717) is 17.3 Å². The molecule has 1 N–H and O–H groups in total. The number of hydrogen-bond acceptors (Lipinski definition) is 3. The maximum absolute atomic E-state index is 10.5. The molecule has 1 atom stereocenters. The molecule has 1 aromatic heterocycles. The van der Waals surface area contributed by atoms with Gasteiger partial charge in [0.1, 0.15) is 24.3 Å². The number of halogens is 1. The molecule has 0 unspecified atom stereocenters. The Labute approximate surface area is 153 Å². The Hall–Kier alpha value is -2.04. The lowest BCUT2D eigenvalue weighted by Crippen LogP contribution is -2.24. The summed E-state index contributed by atoms with van der Waals surface area (Å²) in [5.41, 5.74) is 3.07. The van der Waals surface area contributed by atoms with Crippen molar-refractivity contribution in [1.29, 1.82) is 0 Å². The fourth-order valence-electron chi connectivity index (χ4n) is 2.91. The molecular formula is C20H23ClN2O2. The van der Waals surface area contributed by atoms with E-state index in [1.807, 2.05) is 43.3 Å². The van der Waals surface area contributed by atoms with Crippen molar-refractivity contribution in [3.8, 4) is 5.75 Å². The average molecular weight is 359 g/mol. The van der Waals surface area contributed by atoms with Gasteiger partial charge in [-0.25, -0.2) is 4.98 Å². The van der Waals surface area contributed by atoms with E-state index in [1.54, 1.807) is 6.07 Å². The second-order valence-corrected chi connectivity index (χ2v) is 6.68. The Morgan fingerprint density at radius 3 is 2.84 bits per heavy atom. The minimum absolute atomic E-state index is 0.182. The largest absolute Gasteiger partial charge is 0.489 e. The van der Waals surface area contributed by atoms with Gasteiger partial charge in [0.05, 0.1) is 22.6 Å². The van der Waals surface area contributed by atoms with Gasteiger partial charge in [0.25, 0.3) is 0 Å². The summed E-state index contributed by atoms with van der Waals surface area (Å²) >= 11 is 6.15. The lowest BCUT2D eigenvalue weighted by Gasteiger charge is -2.16. The molecule has 0 spiro atoms. The zero-order valence-electron chi connectivity index (χ0n) is 14.6. The minimum Gasteiger partial charge on any atom is -0.489 e. The van der Waals surface area contributed by atoms with E-state index < -0.39 is 6.10 Å². The third-order valence-corrected chi connectivity index (χ3v) is 4.43. The van der Waals surface area contributed by atoms with Gasteiger partial charge in [-0.1, -0.05) is 36.7 Å². The predicted octanol–water partition coefficient (Wildman–Crippen LogP) is 4.39. The fourth-order valence-corrected chi connectivity index (χ4v) is 3.09. The van der Waals surface area contributed by atoms with Crippen molar-refractivity contribution in [3.05, 3.63) is 58.9 Å². The molecule has 5 heteroatoms. The van der Waals surface area contributed by atoms with Crippen molar-refractivity contribution in [2.24, 2.45) is 0 Å². The van der Waals surface area contributed by atoms with E-state index in [-0.39, 0.29) is 6.61 Å². The van der Waals surface area contributed by atoms with Crippen molar-refractivity contribution < 1.29 is 9.84 Å². The van der Waals surface area contributed by atoms with E-state index in [2.05, 4.69) is 16.5 Å². The molecule has 0 fully saturated rings. The summed E-state index contributed by atoms with van der Waals surface area (Å²) in [6, 6.07) is 13.6. The quantitative estimate of drug-likeness (QED) is 0.681. The number of imidazole rings is 1. The highest BCUT2D eigenvalue weighted by atomic mass is 35.5. The van der Waals surface area contributed by atoms with Gasteiger partial charge in [-0.05, 0) is 43.2 Å². The summed E-state index contributed by atoms with van der Waals surface area (Å²) < 4.78 is 7.81. The number of nitrogens with zero attached hydrogens (tertiary/aromatic N) is 2. The molecular weight excluding hydrogens is 336 g/mol. The molecule has 3 rings (SSSR count). The molecule has 3 aromatic rings. The van der Waals surface area contributed by atoms with Gasteiger partial charge in [-0.3, -0.25) is 0 Å². The molecule has 0 saturated heterocycles. The molecule has 0 bridgehead atoms. The highest BCUT2D eigenvalue weighted by Crippen LogP contribution is 2.25. The van der Waals surface area contributed by atoms with Crippen LogP contribution < -0.4 is 4.74 Å². The van der Waals surface area contributed by atoms with Crippen molar-refractivity contribution in [2.75, 3.05) is 6.61 Å². The zero-order chi connectivity index (χ0) is 17.8. The average Bonchev–Trinajstić information content (AvgIpc) is 2.94. The SMILES string of the molecule is CCCc1nc2ccccc2n1C[C@H](O)COc1cc(C)ccc1Cl. The van der Waals surface area contributed by atoms with E-state index in [4.69, 9.17) is 16.3 Å². The molecule has 0 radical (unpaired) electrons. The van der Waals surface area contributed by atoms with Crippen LogP contribution in [0.5, 0.6) is 5.75 Å². The summed E-state index contributed by atoms with van der Waals surface area (Å²) in [7, 11) is 0. The second kappa shape index (κ2) is 7.89. The fraction of sp³-hybridized carbons (Fsp3) is 0.350. The van der Waals surface area contributed by atoms with Crippen LogP contribution in [0.15, 0.2) is 42.5 Å². The molecule has 132 valence electrons. The molecule has 1 heterocycles. The van der Waals surface area contributed by atoms with Crippen LogP contribution in [-0.4, -0.2) is 27.4 Å². The van der Waals surface area contributed by atoms with Crippen LogP contribution in [0.4, 0.5) is 0 Å². The second-order valence-electron chi connectivity index (χ2n) is 6.28. The van der Waals surface area contributed by atoms with E-state index in [1.165, 1.54) is 0 Å². The predicted molar refractivity (Wildman–Crippen MR) is 101 cm³/mol. The van der Waals surface area contributed by atoms with Crippen LogP contribution >= 0.6 is 11.6 Å². The number of rotatable bonds is 7. The number of fused-ring (bicyclic) bond motifs is 1. The first-order valence-corrected chi connectivity index (χ1v) is 8.97. The first kappa shape index (κ1) is 17.8. The Balaban J connectivity index is 1.74. The Morgan fingerprint density at radius 1 is 1.24 bits per heavy atom. The van der Waals surface area contributed by atoms with Gasteiger partial charge < -0.3 is 14.4 Å². The zero-order valence-corrected chi connectivity index (χ0v) is 15.3. The minimum atomic E-state index is -0.648. The molecule has 0 aliphatic rings. The third kappa shape index (κ3) is 4.14. The number of benzene rings is 2. The van der Waals surface area contributed by atoms with E-state index in [0.717, 1.165) is 35.3 Å². The number of aliphatic hydroxyl groups excluding tert-OH is 1. The van der Waals surface area contributed by atoms with Gasteiger partial charge in [0.2, 0.25) is 0 Å². The normalized spacial score (nSPS) is 12.5. The Kier molecular flexibility index (Phi) is 5.61. The van der Waals surface area contributed by atoms with Crippen LogP contribution in [-0.2, 0) is 13.0 Å². The van der Waals surface area contributed by atoms with Crippen LogP contribution in [0.1, 0.15) is 24.7 Å². The molecule has 0 aliphatic heterocycles. The molecule has 2 aromatic carbocycles. The maximum Gasteiger partial charge on any atom is 0.138 e. The van der Waals surface area contributed by atoms with Crippen molar-refractivity contribution in [3.63, 3.8) is 0 Å². The number of ether oxygens (including phenoxy) is 1. The Morgan fingerprint density at radius 2 is 2.04 bits per heavy atom. The molecule has 0 amide bonds. The van der Waals surface area contributed by atoms with Gasteiger partial charge in [-0.2, -0.15) is 0 Å². The lowest BCUT2D eigenvalue weighted by atomic mass is 10.2. The van der Waals surface area contributed by atoms with Gasteiger partial charge in [0.15, 0.2) is 0 Å². The van der Waals surface area contributed by atoms with Crippen LogP contribution in [0.2, 0.25) is 5.02 Å². The third-order valence-electron chi connectivity index (χ3n) is 4.12. The standard InChI is InChI=1S/C20H23ClN2O2/c1-3-6-20-22-17-7-4-5-8-18(17)23(20)12-15(24)13-25-19-11-14(2)9-10-16(19)21/h4-5,7-11,15,24H,3,6,12-13H2,1-2H3/t15-/m0/s1. The number of hydrogen-bond donors (Lipinski definition) is 1. The van der Waals surface area contributed by atoms with Crippen LogP contribution in [0.25, 0.3) is 11.0 Å². The van der Waals surface area contributed by atoms with Gasteiger partial charge in [-0.15, -0.1) is 0 Å². The highest BCUT2D eigenvalue weighted by molar-refractivity contribution is 6.32. The lowest BCUT2D eigenvalue weighted by molar-refractivity contribution is 0.0927. The summed E-state index contributed by atoms with van der Waals surface area (Å²) in [5, 5.41) is 11.0. The van der Waals surface area contributed by atoms with Crippen LogP contribution in [0, 0.1) is 6.92 Å². The summed E-state index contributed by atoms with van der Waals surface area (Å²) in [5.74, 6) is 1.60. The number of aryl methyl sites for hydroxylation is 2. The van der Waals surface area contributed by atoms with E-state index >= 15 is 0 Å². The number of aromatic nitrogens is 2. The first-order valence-electron chi connectivity index (χ1n) is 8.59. The van der Waals surface area contributed by atoms with Crippen molar-refractivity contribution >= 4 is 22.6 Å². The first-order chi connectivity index (χ1) is 12.1. The number of para-hydroxylation sites is 2. The van der Waals surface area contributed by atoms with Crippen LogP contribution in [0.3, 0.4) is 0 Å². The summed E-state index contributed by atoms with van der Waals surface area (Å²) in [6.45, 7) is 4.73. The molecule has 0 saturated carbocycles. The van der Waals surface area contributed by atoms with Gasteiger partial charge >= 0.3 is 0 Å². The van der Waals surface area contributed by atoms with E-state index in [9.17, 15) is 5.11 Å². The highest BCUT2D eigenvalue weighted by Gasteiger charge is 2.14. The van der Waals surface area contributed by atoms with Crippen molar-refractivity contribution in [2.45, 2.75) is 39.3 Å². The number of aliphatic hydroxyl groups is 1. The summed E-state index contributed by atoms with van der Waals surface area (Å²) in [6.07, 6.45) is 1.24. The van der Waals surface area contributed by atoms with Gasteiger partial charge in [0, 0.05) is 6.42 Å². The Bertz CT molecular complexity index is 860. The van der Waals surface area contributed by atoms with Crippen molar-refractivity contribution in [1.82, 2.24) is 9.55 Å². The molecule has 4 nitrogen and oxygen atoms in total.